The van der Waals surface area contributed by atoms with Crippen molar-refractivity contribution in [3.8, 4) is 11.1 Å². The van der Waals surface area contributed by atoms with Gasteiger partial charge in [0.05, 0.1) is 34.6 Å². The summed E-state index contributed by atoms with van der Waals surface area (Å²) in [5.74, 6) is 1.85. The van der Waals surface area contributed by atoms with Crippen molar-refractivity contribution in [2.45, 2.75) is 70.6 Å². The van der Waals surface area contributed by atoms with Gasteiger partial charge in [-0.2, -0.15) is 0 Å². The SMILES string of the molecule is Cc1noc(C)c1-c1ccc2c(c1)nc(C1CCC(=O)N1c1cccc3ccccc13)n2C1CCC(O)CC1. The van der Waals surface area contributed by atoms with Crippen molar-refractivity contribution in [1.82, 2.24) is 14.7 Å². The Bertz CT molecular complexity index is 1680. The number of aliphatic hydroxyl groups is 1. The van der Waals surface area contributed by atoms with Gasteiger partial charge < -0.3 is 19.1 Å². The number of benzene rings is 3. The topological polar surface area (TPSA) is 84.4 Å². The molecular formula is C32H32N4O3. The lowest BCUT2D eigenvalue weighted by Crippen LogP contribution is -2.31. The smallest absolute Gasteiger partial charge is 0.227 e. The molecule has 1 aliphatic heterocycles. The number of carbonyl (C=O) groups excluding carboxylic acids is 1. The number of aromatic nitrogens is 3. The number of imidazole rings is 1. The van der Waals surface area contributed by atoms with E-state index in [1.54, 1.807) is 0 Å². The lowest BCUT2D eigenvalue weighted by atomic mass is 9.92. The molecule has 198 valence electrons. The number of fused-ring (bicyclic) bond motifs is 2. The number of nitrogens with zero attached hydrogens (tertiary/aromatic N) is 4. The molecule has 3 aromatic carbocycles. The molecule has 1 aliphatic carbocycles. The van der Waals surface area contributed by atoms with Gasteiger partial charge in [0.2, 0.25) is 5.91 Å². The van der Waals surface area contributed by atoms with Crippen LogP contribution in [0.25, 0.3) is 32.9 Å². The first-order chi connectivity index (χ1) is 19.0. The summed E-state index contributed by atoms with van der Waals surface area (Å²) >= 11 is 0. The van der Waals surface area contributed by atoms with E-state index in [2.05, 4.69) is 52.2 Å². The van der Waals surface area contributed by atoms with E-state index in [0.717, 1.165) is 88.0 Å². The summed E-state index contributed by atoms with van der Waals surface area (Å²) in [6.45, 7) is 3.89. The summed E-state index contributed by atoms with van der Waals surface area (Å²) in [5.41, 5.74) is 5.81. The van der Waals surface area contributed by atoms with Crippen molar-refractivity contribution in [3.63, 3.8) is 0 Å². The van der Waals surface area contributed by atoms with Crippen molar-refractivity contribution in [3.05, 3.63) is 77.9 Å². The van der Waals surface area contributed by atoms with E-state index in [1.807, 2.05) is 36.9 Å². The highest BCUT2D eigenvalue weighted by Gasteiger charge is 2.39. The first kappa shape index (κ1) is 24.1. The van der Waals surface area contributed by atoms with Gasteiger partial charge in [-0.1, -0.05) is 47.6 Å². The first-order valence-corrected chi connectivity index (χ1v) is 13.9. The van der Waals surface area contributed by atoms with Crippen LogP contribution >= 0.6 is 0 Å². The molecule has 0 radical (unpaired) electrons. The molecule has 1 saturated carbocycles. The summed E-state index contributed by atoms with van der Waals surface area (Å²) in [4.78, 5) is 20.7. The third kappa shape index (κ3) is 3.95. The predicted molar refractivity (Wildman–Crippen MR) is 152 cm³/mol. The van der Waals surface area contributed by atoms with Crippen LogP contribution in [0.1, 0.15) is 67.9 Å². The first-order valence-electron chi connectivity index (χ1n) is 13.9. The Morgan fingerprint density at radius 2 is 1.74 bits per heavy atom. The molecule has 0 spiro atoms. The zero-order valence-corrected chi connectivity index (χ0v) is 22.3. The van der Waals surface area contributed by atoms with Gasteiger partial charge in [-0.3, -0.25) is 4.79 Å². The van der Waals surface area contributed by atoms with E-state index in [0.29, 0.717) is 6.42 Å². The molecular weight excluding hydrogens is 488 g/mol. The molecule has 0 bridgehead atoms. The standard InChI is InChI=1S/C32H32N4O3/c1-19-31(20(2)39-34-19)22-10-15-28-26(18-22)33-32(35(28)23-11-13-24(37)14-12-23)29-16-17-30(38)36(29)27-9-5-7-21-6-3-4-8-25(21)27/h3-10,15,18,23-24,29,37H,11-14,16-17H2,1-2H3. The van der Waals surface area contributed by atoms with Crippen LogP contribution in [-0.2, 0) is 4.79 Å². The third-order valence-corrected chi connectivity index (χ3v) is 8.61. The molecule has 7 nitrogen and oxygen atoms in total. The van der Waals surface area contributed by atoms with Crippen LogP contribution in [0.5, 0.6) is 0 Å². The Labute approximate surface area is 227 Å². The normalized spacial score (nSPS) is 21.9. The van der Waals surface area contributed by atoms with Gasteiger partial charge in [-0.25, -0.2) is 4.98 Å². The summed E-state index contributed by atoms with van der Waals surface area (Å²) in [7, 11) is 0. The molecule has 5 aromatic rings. The van der Waals surface area contributed by atoms with E-state index in [4.69, 9.17) is 9.51 Å². The zero-order valence-electron chi connectivity index (χ0n) is 22.3. The van der Waals surface area contributed by atoms with Gasteiger partial charge in [0.25, 0.3) is 0 Å². The van der Waals surface area contributed by atoms with Crippen LogP contribution in [0.3, 0.4) is 0 Å². The van der Waals surface area contributed by atoms with Crippen LogP contribution in [-0.4, -0.2) is 31.8 Å². The number of amides is 1. The van der Waals surface area contributed by atoms with Crippen molar-refractivity contribution >= 4 is 33.4 Å². The third-order valence-electron chi connectivity index (χ3n) is 8.61. The number of aliphatic hydroxyl groups excluding tert-OH is 1. The summed E-state index contributed by atoms with van der Waals surface area (Å²) < 4.78 is 7.82. The molecule has 1 unspecified atom stereocenters. The molecule has 2 aromatic heterocycles. The van der Waals surface area contributed by atoms with Crippen molar-refractivity contribution < 1.29 is 14.4 Å². The number of hydrogen-bond acceptors (Lipinski definition) is 5. The van der Waals surface area contributed by atoms with Crippen molar-refractivity contribution in [2.75, 3.05) is 4.90 Å². The number of aryl methyl sites for hydroxylation is 2. The van der Waals surface area contributed by atoms with Gasteiger partial charge in [-0.05, 0) is 75.1 Å². The summed E-state index contributed by atoms with van der Waals surface area (Å²) in [6, 6.07) is 20.9. The molecule has 2 fully saturated rings. The molecule has 7 heteroatoms. The van der Waals surface area contributed by atoms with Gasteiger partial charge in [-0.15, -0.1) is 0 Å². The second kappa shape index (κ2) is 9.35. The highest BCUT2D eigenvalue weighted by atomic mass is 16.5. The van der Waals surface area contributed by atoms with Gasteiger partial charge >= 0.3 is 0 Å². The Balaban J connectivity index is 1.40. The highest BCUT2D eigenvalue weighted by Crippen LogP contribution is 2.43. The monoisotopic (exact) mass is 520 g/mol. The maximum absolute atomic E-state index is 13.5. The number of anilines is 1. The second-order valence-electron chi connectivity index (χ2n) is 11.0. The van der Waals surface area contributed by atoms with E-state index < -0.39 is 0 Å². The molecule has 7 rings (SSSR count). The Kier molecular flexibility index (Phi) is 5.77. The molecule has 1 amide bonds. The second-order valence-corrected chi connectivity index (χ2v) is 11.0. The number of rotatable bonds is 4. The molecule has 39 heavy (non-hydrogen) atoms. The fourth-order valence-electron chi connectivity index (χ4n) is 6.75. The maximum Gasteiger partial charge on any atom is 0.227 e. The molecule has 2 aliphatic rings. The molecule has 3 heterocycles. The van der Waals surface area contributed by atoms with Gasteiger partial charge in [0.1, 0.15) is 11.6 Å². The molecule has 1 N–H and O–H groups in total. The van der Waals surface area contributed by atoms with E-state index in [9.17, 15) is 9.90 Å². The Hall–Kier alpha value is -3.97. The fourth-order valence-corrected chi connectivity index (χ4v) is 6.75. The molecule has 1 atom stereocenters. The lowest BCUT2D eigenvalue weighted by molar-refractivity contribution is -0.117. The minimum atomic E-state index is -0.245. The van der Waals surface area contributed by atoms with E-state index in [-0.39, 0.29) is 24.1 Å². The Morgan fingerprint density at radius 1 is 0.949 bits per heavy atom. The average molecular weight is 521 g/mol. The summed E-state index contributed by atoms with van der Waals surface area (Å²) in [5, 5.41) is 16.6. The highest BCUT2D eigenvalue weighted by molar-refractivity contribution is 6.05. The minimum Gasteiger partial charge on any atom is -0.393 e. The average Bonchev–Trinajstić information content (AvgIpc) is 3.62. The lowest BCUT2D eigenvalue weighted by Gasteiger charge is -2.32. The van der Waals surface area contributed by atoms with Crippen LogP contribution < -0.4 is 4.90 Å². The van der Waals surface area contributed by atoms with Crippen LogP contribution in [0.2, 0.25) is 0 Å². The zero-order chi connectivity index (χ0) is 26.7. The van der Waals surface area contributed by atoms with E-state index >= 15 is 0 Å². The minimum absolute atomic E-state index is 0.130. The summed E-state index contributed by atoms with van der Waals surface area (Å²) in [6.07, 6.45) is 4.29. The van der Waals surface area contributed by atoms with Crippen LogP contribution in [0.15, 0.2) is 65.2 Å². The molecule has 1 saturated heterocycles. The van der Waals surface area contributed by atoms with Gasteiger partial charge in [0.15, 0.2) is 0 Å². The van der Waals surface area contributed by atoms with Gasteiger partial charge in [0, 0.05) is 23.4 Å². The largest absolute Gasteiger partial charge is 0.393 e. The Morgan fingerprint density at radius 3 is 2.54 bits per heavy atom. The maximum atomic E-state index is 13.5. The quantitative estimate of drug-likeness (QED) is 0.282. The van der Waals surface area contributed by atoms with Crippen molar-refractivity contribution in [2.24, 2.45) is 0 Å². The van der Waals surface area contributed by atoms with Crippen molar-refractivity contribution in [1.29, 1.82) is 0 Å². The van der Waals surface area contributed by atoms with Crippen LogP contribution in [0.4, 0.5) is 5.69 Å². The fraction of sp³-hybridized carbons (Fsp3) is 0.344. The predicted octanol–water partition coefficient (Wildman–Crippen LogP) is 6.81. The van der Waals surface area contributed by atoms with E-state index in [1.165, 1.54) is 0 Å². The number of hydrogen-bond donors (Lipinski definition) is 1. The number of carbonyl (C=O) groups is 1. The van der Waals surface area contributed by atoms with Crippen LogP contribution in [0, 0.1) is 13.8 Å².